The van der Waals surface area contributed by atoms with E-state index in [4.69, 9.17) is 9.47 Å². The Labute approximate surface area is 155 Å². The van der Waals surface area contributed by atoms with E-state index in [9.17, 15) is 8.76 Å². The van der Waals surface area contributed by atoms with Crippen molar-refractivity contribution in [2.24, 2.45) is 0 Å². The minimum absolute atomic E-state index is 0.0918. The van der Waals surface area contributed by atoms with E-state index in [2.05, 4.69) is 4.98 Å². The number of benzene rings is 1. The van der Waals surface area contributed by atoms with E-state index in [0.717, 1.165) is 5.56 Å². The summed E-state index contributed by atoms with van der Waals surface area (Å²) < 4.78 is 39.5. The SMILES string of the molecule is CC(C)(C)OCC1CN(Cc2ccccc2)[S+](=O)([O-])c2cnccc2O1. The minimum atomic E-state index is -3.71. The molecular formula is C19H24N2O4S. The zero-order valence-corrected chi connectivity index (χ0v) is 16.1. The van der Waals surface area contributed by atoms with Gasteiger partial charge in [-0.3, -0.25) is 4.98 Å². The van der Waals surface area contributed by atoms with Gasteiger partial charge in [-0.25, -0.2) is 0 Å². The Hall–Kier alpha value is -1.80. The first-order chi connectivity index (χ1) is 12.3. The van der Waals surface area contributed by atoms with Gasteiger partial charge in [-0.2, -0.15) is 0 Å². The van der Waals surface area contributed by atoms with Gasteiger partial charge < -0.3 is 14.0 Å². The van der Waals surface area contributed by atoms with Crippen LogP contribution in [0.2, 0.25) is 0 Å². The minimum Gasteiger partial charge on any atom is -0.593 e. The maximum atomic E-state index is 13.1. The quantitative estimate of drug-likeness (QED) is 0.767. The summed E-state index contributed by atoms with van der Waals surface area (Å²) in [4.78, 5) is 4.06. The number of hydrogen-bond donors (Lipinski definition) is 0. The van der Waals surface area contributed by atoms with Crippen molar-refractivity contribution in [1.29, 1.82) is 0 Å². The van der Waals surface area contributed by atoms with Crippen molar-refractivity contribution in [2.45, 2.75) is 43.9 Å². The highest BCUT2D eigenvalue weighted by molar-refractivity contribution is 7.95. The van der Waals surface area contributed by atoms with Gasteiger partial charge in [-0.05, 0) is 26.3 Å². The van der Waals surface area contributed by atoms with Gasteiger partial charge in [0, 0.05) is 12.3 Å². The normalized spacial score (nSPS) is 23.8. The highest BCUT2D eigenvalue weighted by Gasteiger charge is 2.40. The lowest BCUT2D eigenvalue weighted by atomic mass is 10.2. The van der Waals surface area contributed by atoms with E-state index in [-0.39, 0.29) is 23.6 Å². The molecule has 0 radical (unpaired) electrons. The van der Waals surface area contributed by atoms with Gasteiger partial charge in [0.2, 0.25) is 4.90 Å². The lowest BCUT2D eigenvalue weighted by Crippen LogP contribution is -2.42. The average molecular weight is 376 g/mol. The molecule has 0 amide bonds. The molecule has 1 aromatic carbocycles. The second-order valence-electron chi connectivity index (χ2n) is 7.27. The molecule has 1 aromatic heterocycles. The lowest BCUT2D eigenvalue weighted by Gasteiger charge is -2.28. The average Bonchev–Trinajstić information content (AvgIpc) is 2.69. The monoisotopic (exact) mass is 376 g/mol. The predicted octanol–water partition coefficient (Wildman–Crippen LogP) is 3.06. The third-order valence-corrected chi connectivity index (χ3v) is 5.79. The molecule has 3 rings (SSSR count). The van der Waals surface area contributed by atoms with E-state index in [1.54, 1.807) is 6.07 Å². The summed E-state index contributed by atoms with van der Waals surface area (Å²) in [5, 5.41) is 0. The number of aromatic nitrogens is 1. The Bertz CT molecular complexity index is 792. The number of fused-ring (bicyclic) bond motifs is 1. The first-order valence-electron chi connectivity index (χ1n) is 8.54. The molecule has 0 saturated heterocycles. The fourth-order valence-electron chi connectivity index (χ4n) is 2.71. The molecule has 0 bridgehead atoms. The number of hydrogen-bond acceptors (Lipinski definition) is 5. The molecule has 1 aliphatic heterocycles. The Balaban J connectivity index is 1.92. The van der Waals surface area contributed by atoms with Crippen molar-refractivity contribution in [2.75, 3.05) is 13.2 Å². The van der Waals surface area contributed by atoms with Gasteiger partial charge in [0.25, 0.3) is 0 Å². The second-order valence-corrected chi connectivity index (χ2v) is 9.18. The van der Waals surface area contributed by atoms with Crippen LogP contribution in [0.4, 0.5) is 0 Å². The topological polar surface area (TPSA) is 74.7 Å². The fraction of sp³-hybridized carbons (Fsp3) is 0.421. The Morgan fingerprint density at radius 1 is 1.31 bits per heavy atom. The Morgan fingerprint density at radius 3 is 2.73 bits per heavy atom. The summed E-state index contributed by atoms with van der Waals surface area (Å²) >= 11 is 0. The van der Waals surface area contributed by atoms with Gasteiger partial charge in [-0.15, -0.1) is 4.31 Å². The molecule has 6 nitrogen and oxygen atoms in total. The molecule has 1 aliphatic rings. The summed E-state index contributed by atoms with van der Waals surface area (Å²) in [5.74, 6) is 0.318. The van der Waals surface area contributed by atoms with Gasteiger partial charge in [0.05, 0.1) is 31.5 Å². The van der Waals surface area contributed by atoms with E-state index in [1.807, 2.05) is 51.1 Å². The molecular weight excluding hydrogens is 352 g/mol. The number of pyridine rings is 1. The van der Waals surface area contributed by atoms with E-state index >= 15 is 0 Å². The van der Waals surface area contributed by atoms with Crippen LogP contribution in [0.25, 0.3) is 0 Å². The van der Waals surface area contributed by atoms with Gasteiger partial charge in [0.15, 0.2) is 16.1 Å². The van der Waals surface area contributed by atoms with Crippen molar-refractivity contribution in [1.82, 2.24) is 9.29 Å². The van der Waals surface area contributed by atoms with Crippen LogP contribution >= 0.6 is 0 Å². The molecule has 0 saturated carbocycles. The third-order valence-electron chi connectivity index (χ3n) is 3.97. The van der Waals surface area contributed by atoms with Crippen molar-refractivity contribution < 1.29 is 18.2 Å². The summed E-state index contributed by atoms with van der Waals surface area (Å²) in [6.45, 7) is 6.65. The molecule has 140 valence electrons. The van der Waals surface area contributed by atoms with Gasteiger partial charge in [0.1, 0.15) is 6.10 Å². The van der Waals surface area contributed by atoms with Crippen LogP contribution in [-0.2, 0) is 25.9 Å². The van der Waals surface area contributed by atoms with E-state index in [0.29, 0.717) is 12.4 Å². The molecule has 2 unspecified atom stereocenters. The van der Waals surface area contributed by atoms with Crippen LogP contribution in [0.1, 0.15) is 26.3 Å². The summed E-state index contributed by atoms with van der Waals surface area (Å²) in [6, 6.07) is 11.1. The standard InChI is InChI=1S/C19H24N2O4S/c1-19(2,3)24-14-16-13-21(12-15-7-5-4-6-8-15)26(22,23)18-11-20-10-9-17(18)25-16/h4-11,16H,12-14H2,1-3H3. The molecule has 0 N–H and O–H groups in total. The zero-order chi connectivity index (χ0) is 18.8. The summed E-state index contributed by atoms with van der Waals surface area (Å²) in [6.07, 6.45) is 2.47. The van der Waals surface area contributed by atoms with Crippen LogP contribution in [0.3, 0.4) is 0 Å². The lowest BCUT2D eigenvalue weighted by molar-refractivity contribution is -0.0446. The number of nitrogens with zero attached hydrogens (tertiary/aromatic N) is 2. The number of sulfonamides is 1. The molecule has 2 aromatic rings. The molecule has 0 spiro atoms. The zero-order valence-electron chi connectivity index (χ0n) is 15.3. The van der Waals surface area contributed by atoms with E-state index in [1.165, 1.54) is 16.7 Å². The molecule has 2 heterocycles. The Morgan fingerprint density at radius 2 is 2.04 bits per heavy atom. The number of rotatable bonds is 4. The van der Waals surface area contributed by atoms with Crippen LogP contribution < -0.4 is 4.74 Å². The Kier molecular flexibility index (Phi) is 5.43. The molecule has 7 heteroatoms. The maximum absolute atomic E-state index is 13.1. The first kappa shape index (κ1) is 19.0. The van der Waals surface area contributed by atoms with E-state index < -0.39 is 16.5 Å². The third kappa shape index (κ3) is 4.48. The van der Waals surface area contributed by atoms with Crippen molar-refractivity contribution >= 4 is 10.4 Å². The van der Waals surface area contributed by atoms with Crippen LogP contribution in [0.5, 0.6) is 5.75 Å². The maximum Gasteiger partial charge on any atom is 0.235 e. The van der Waals surface area contributed by atoms with Crippen LogP contribution in [-0.4, -0.2) is 38.7 Å². The largest absolute Gasteiger partial charge is 0.593 e. The van der Waals surface area contributed by atoms with Crippen LogP contribution in [0, 0.1) is 0 Å². The van der Waals surface area contributed by atoms with Crippen molar-refractivity contribution in [3.63, 3.8) is 0 Å². The molecule has 0 fully saturated rings. The summed E-state index contributed by atoms with van der Waals surface area (Å²) in [5.41, 5.74) is 0.582. The first-order valence-corrected chi connectivity index (χ1v) is 9.98. The van der Waals surface area contributed by atoms with Gasteiger partial charge >= 0.3 is 0 Å². The second kappa shape index (κ2) is 7.44. The molecule has 0 aliphatic carbocycles. The number of ether oxygens (including phenoxy) is 2. The van der Waals surface area contributed by atoms with Crippen LogP contribution in [0.15, 0.2) is 53.7 Å². The smallest absolute Gasteiger partial charge is 0.235 e. The highest BCUT2D eigenvalue weighted by atomic mass is 32.3. The van der Waals surface area contributed by atoms with Crippen molar-refractivity contribution in [3.05, 3.63) is 54.4 Å². The van der Waals surface area contributed by atoms with Gasteiger partial charge in [-0.1, -0.05) is 34.5 Å². The molecule has 26 heavy (non-hydrogen) atoms. The van der Waals surface area contributed by atoms with Crippen molar-refractivity contribution in [3.8, 4) is 5.75 Å². The summed E-state index contributed by atoms with van der Waals surface area (Å²) in [7, 11) is -3.71. The fourth-order valence-corrected chi connectivity index (χ4v) is 4.23. The highest BCUT2D eigenvalue weighted by Crippen LogP contribution is 2.34. The molecule has 2 atom stereocenters. The predicted molar refractivity (Wildman–Crippen MR) is 98.3 cm³/mol.